The van der Waals surface area contributed by atoms with Crippen LogP contribution in [0.1, 0.15) is 140 Å². The van der Waals surface area contributed by atoms with E-state index in [0.29, 0.717) is 34.4 Å². The third-order valence-corrected chi connectivity index (χ3v) is 24.5. The van der Waals surface area contributed by atoms with Crippen molar-refractivity contribution in [3.63, 3.8) is 0 Å². The van der Waals surface area contributed by atoms with Crippen molar-refractivity contribution in [2.24, 2.45) is 39.6 Å². The molecule has 770 valence electrons. The summed E-state index contributed by atoms with van der Waals surface area (Å²) in [7, 11) is 0. The number of nitrogens with two attached hydrogens (primary N) is 5. The van der Waals surface area contributed by atoms with Crippen LogP contribution in [0.15, 0.2) is 133 Å². The number of nitrogens with zero attached hydrogens (tertiary/aromatic N) is 5. The SMILES string of the molecule is CC(C)C[C@H](NC(=O)[C@@H]1CCCN1C(=O)[C@@H](Cc1ccccc1)NC(=O)[C@H](Cc1ccccc1)NC(=O)[C@H](Cc1cnc[nH]1)NC(=O)CNC(=O)[C@@H](NC(=O)[C@@H](NC(=O)[C@H](Cc1ccccc1)NC(=O)[C@H](CCCN=C(N)N)NC(=O)[C@@H](N)CCC(N)=O)C(C)(C)S)[C@@H](C)O)C(=O)N[C@@H](Cc1ccc(O)cc1)C(=O)N1CCC[C@H]1C(=O)N[C@@H](CS)C(=O)N[C@@H](CC(N)=O)C(=O)NCC(=O)N1CCC[C@H]1C(=O)O. The number of primary amides is 2. The number of aliphatic hydroxyl groups is 1. The van der Waals surface area contributed by atoms with E-state index in [9.17, 15) is 77.6 Å². The minimum absolute atomic E-state index is 0.0241. The molecule has 27 N–H and O–H groups in total. The standard InChI is InChI=1S/C94H130N24O22S2/c1-51(2)39-61(81(128)111-67(43-56-29-31-58(120)32-30-56)91(138)118-38-17-27-70(118)87(134)113-68(49-141)85(132)109-65(45-73(97)122)79(126)103-48-75(124)116-36-18-28-71(116)92(139)140)110-86(133)69-26-16-37-117(69)90(137)66(42-55-23-13-8-14-24-55)112-82(129)62(40-53-19-9-6-10-20-53)108-83(130)64(44-57-46-100-50-104-57)105-74(123)47-102-88(135)76(52(3)119)114-89(136)77(94(4,5)142)115-84(131)63(41-54-21-11-7-12-22-54)107-80(127)60(25-15-35-101-93(98)99)106-78(125)59(95)33-34-72(96)121/h6-14,19-24,29-32,46,50-52,59-71,76-77,119-120,141-142H,15-18,25-28,33-45,47-49,95H2,1-5H3,(H2,96,121)(H2,97,122)(H,100,104)(H,102,135)(H,103,126)(H,105,123)(H,106,125)(H,107,127)(H,108,130)(H,109,132)(H,110,133)(H,111,128)(H,112,129)(H,113,134)(H,114,136)(H,115,131)(H,139,140)(H4,98,99,101)/t52-,59+,60+,61+,62+,63+,64+,65+,66-,67+,68+,69+,70+,71+,76+,77-/m1/s1. The fourth-order valence-electron chi connectivity index (χ4n) is 16.4. The summed E-state index contributed by atoms with van der Waals surface area (Å²) in [5.74, 6) is -18.6. The summed E-state index contributed by atoms with van der Waals surface area (Å²) in [6.45, 7) is 6.08. The van der Waals surface area contributed by atoms with Crippen LogP contribution >= 0.6 is 25.3 Å². The maximum atomic E-state index is 15.5. The summed E-state index contributed by atoms with van der Waals surface area (Å²) in [4.78, 5) is 281. The second-order valence-electron chi connectivity index (χ2n) is 36.1. The number of aromatic amines is 1. The number of H-pyrrole nitrogens is 1. The highest BCUT2D eigenvalue weighted by molar-refractivity contribution is 7.81. The first kappa shape index (κ1) is 113. The number of amides is 18. The molecule has 46 nitrogen and oxygen atoms in total. The minimum atomic E-state index is -1.86. The van der Waals surface area contributed by atoms with Gasteiger partial charge in [-0.05, 0) is 125 Å². The molecule has 48 heteroatoms. The number of carboxylic acids is 1. The zero-order valence-electron chi connectivity index (χ0n) is 79.5. The molecule has 8 rings (SSSR count). The van der Waals surface area contributed by atoms with Crippen molar-refractivity contribution in [3.8, 4) is 5.75 Å². The van der Waals surface area contributed by atoms with Gasteiger partial charge >= 0.3 is 5.97 Å². The lowest BCUT2D eigenvalue weighted by Gasteiger charge is -2.33. The molecular formula is C94H130N24O22S2. The number of carbonyl (C=O) groups excluding carboxylic acids is 18. The van der Waals surface area contributed by atoms with Crippen LogP contribution in [0.25, 0.3) is 0 Å². The quantitative estimate of drug-likeness (QED) is 0.00749. The number of carbonyl (C=O) groups is 19. The first-order chi connectivity index (χ1) is 67.4. The van der Waals surface area contributed by atoms with Crippen LogP contribution in [0.4, 0.5) is 0 Å². The van der Waals surface area contributed by atoms with Crippen molar-refractivity contribution >= 4 is 144 Å². The number of imidazole rings is 1. The molecule has 0 radical (unpaired) electrons. The van der Waals surface area contributed by atoms with E-state index in [-0.39, 0.29) is 140 Å². The average molecular weight is 2010 g/mol. The van der Waals surface area contributed by atoms with E-state index in [4.69, 9.17) is 28.7 Å². The van der Waals surface area contributed by atoms with Gasteiger partial charge in [-0.3, -0.25) is 91.3 Å². The van der Waals surface area contributed by atoms with E-state index in [1.807, 2.05) is 0 Å². The van der Waals surface area contributed by atoms with E-state index in [0.717, 1.165) is 11.8 Å². The number of aliphatic hydroxyl groups excluding tert-OH is 1. The molecule has 0 spiro atoms. The number of thiol groups is 2. The highest BCUT2D eigenvalue weighted by Crippen LogP contribution is 2.26. The maximum absolute atomic E-state index is 15.5. The van der Waals surface area contributed by atoms with Gasteiger partial charge in [-0.25, -0.2) is 9.78 Å². The monoisotopic (exact) mass is 2010 g/mol. The second-order valence-corrected chi connectivity index (χ2v) is 37.6. The number of aromatic nitrogens is 2. The summed E-state index contributed by atoms with van der Waals surface area (Å²) in [5, 5.41) is 64.6. The Morgan fingerprint density at radius 2 is 0.930 bits per heavy atom. The topological polar surface area (TPSA) is 722 Å². The molecule has 18 amide bonds. The van der Waals surface area contributed by atoms with Gasteiger partial charge in [0.1, 0.15) is 90.3 Å². The summed E-state index contributed by atoms with van der Waals surface area (Å²) in [6, 6.07) is 9.08. The Hall–Kier alpha value is -14.3. The highest BCUT2D eigenvalue weighted by Gasteiger charge is 2.46. The maximum Gasteiger partial charge on any atom is 0.326 e. The first-order valence-corrected chi connectivity index (χ1v) is 47.7. The van der Waals surface area contributed by atoms with E-state index in [2.05, 4.69) is 109 Å². The van der Waals surface area contributed by atoms with E-state index < -0.39 is 239 Å². The van der Waals surface area contributed by atoms with E-state index in [1.54, 1.807) is 105 Å². The molecule has 4 heterocycles. The number of hydrogen-bond acceptors (Lipinski definition) is 26. The van der Waals surface area contributed by atoms with Gasteiger partial charge in [0.15, 0.2) is 5.96 Å². The Morgan fingerprint density at radius 3 is 1.40 bits per heavy atom. The first-order valence-electron chi connectivity index (χ1n) is 46.7. The number of likely N-dealkylation sites (tertiary alicyclic amines) is 3. The number of hydrogen-bond donors (Lipinski definition) is 24. The van der Waals surface area contributed by atoms with Gasteiger partial charge in [-0.15, -0.1) is 0 Å². The number of carboxylic acid groups (broad SMARTS) is 1. The Morgan fingerprint density at radius 1 is 0.486 bits per heavy atom. The van der Waals surface area contributed by atoms with Crippen LogP contribution in [0.3, 0.4) is 0 Å². The van der Waals surface area contributed by atoms with Crippen LogP contribution in [0.2, 0.25) is 0 Å². The summed E-state index contributed by atoms with van der Waals surface area (Å²) in [5.41, 5.74) is 30.1. The van der Waals surface area contributed by atoms with Gasteiger partial charge in [-0.1, -0.05) is 117 Å². The number of rotatable bonds is 54. The number of aliphatic carboxylic acids is 1. The number of phenolic OH excluding ortho intramolecular Hbond substituents is 1. The molecule has 3 fully saturated rings. The normalized spacial score (nSPS) is 17.2. The predicted molar refractivity (Wildman–Crippen MR) is 522 cm³/mol. The number of aliphatic imine (C=N–C) groups is 1. The van der Waals surface area contributed by atoms with Crippen LogP contribution in [0, 0.1) is 5.92 Å². The summed E-state index contributed by atoms with van der Waals surface area (Å²) in [6.07, 6.45) is -0.0836. The minimum Gasteiger partial charge on any atom is -0.508 e. The summed E-state index contributed by atoms with van der Waals surface area (Å²) >= 11 is 8.90. The van der Waals surface area contributed by atoms with Gasteiger partial charge in [-0.2, -0.15) is 25.3 Å². The number of nitrogens with one attached hydrogen (secondary N) is 14. The number of phenols is 1. The molecule has 3 aliphatic heterocycles. The van der Waals surface area contributed by atoms with Crippen molar-refractivity contribution in [1.29, 1.82) is 0 Å². The molecule has 1 aromatic heterocycles. The molecule has 4 aromatic carbocycles. The van der Waals surface area contributed by atoms with Gasteiger partial charge in [0.05, 0.1) is 38.0 Å². The van der Waals surface area contributed by atoms with Gasteiger partial charge < -0.3 is 133 Å². The third kappa shape index (κ3) is 35.5. The number of guanidine groups is 1. The highest BCUT2D eigenvalue weighted by atomic mass is 32.1. The van der Waals surface area contributed by atoms with Gasteiger partial charge in [0, 0.05) is 87.1 Å². The second kappa shape index (κ2) is 55.1. The number of benzene rings is 4. The van der Waals surface area contributed by atoms with Crippen LogP contribution in [-0.2, 0) is 123 Å². The van der Waals surface area contributed by atoms with Crippen LogP contribution in [-0.4, -0.2) is 305 Å². The zero-order valence-corrected chi connectivity index (χ0v) is 81.3. The fourth-order valence-corrected chi connectivity index (χ4v) is 16.9. The lowest BCUT2D eigenvalue weighted by Crippen LogP contribution is -2.64. The molecule has 0 unspecified atom stereocenters. The van der Waals surface area contributed by atoms with Crippen LogP contribution in [0.5, 0.6) is 5.75 Å². The van der Waals surface area contributed by atoms with Gasteiger partial charge in [0.2, 0.25) is 106 Å². The molecule has 0 aliphatic carbocycles. The lowest BCUT2D eigenvalue weighted by atomic mass is 9.99. The molecule has 3 aliphatic rings. The molecule has 3 saturated heterocycles. The Kier molecular flexibility index (Phi) is 43.8. The molecule has 142 heavy (non-hydrogen) atoms. The van der Waals surface area contributed by atoms with Crippen molar-refractivity contribution < 1.29 is 106 Å². The lowest BCUT2D eigenvalue weighted by molar-refractivity contribution is -0.148. The largest absolute Gasteiger partial charge is 0.508 e. The van der Waals surface area contributed by atoms with Crippen molar-refractivity contribution in [2.45, 2.75) is 245 Å². The van der Waals surface area contributed by atoms with Crippen LogP contribution < -0.4 is 97.8 Å². The van der Waals surface area contributed by atoms with Crippen molar-refractivity contribution in [1.82, 2.24) is 93.8 Å². The fraction of sp³-hybridized carbons (Fsp3) is 0.500. The number of aromatic hydroxyl groups is 1. The van der Waals surface area contributed by atoms with E-state index >= 15 is 28.8 Å². The zero-order chi connectivity index (χ0) is 104. The molecular weight excluding hydrogens is 1880 g/mol. The third-order valence-electron chi connectivity index (χ3n) is 23.9. The smallest absolute Gasteiger partial charge is 0.326 e. The Labute approximate surface area is 830 Å². The Bertz CT molecular complexity index is 5250. The Balaban J connectivity index is 0.958. The summed E-state index contributed by atoms with van der Waals surface area (Å²) < 4.78 is -1.49. The van der Waals surface area contributed by atoms with E-state index in [1.165, 1.54) is 60.4 Å². The van der Waals surface area contributed by atoms with Crippen molar-refractivity contribution in [2.75, 3.05) is 45.0 Å². The average Bonchev–Trinajstić information content (AvgIpc) is 1.62. The predicted octanol–water partition coefficient (Wildman–Crippen LogP) is -5.16. The molecule has 5 aromatic rings. The molecule has 0 bridgehead atoms. The molecule has 16 atom stereocenters. The van der Waals surface area contributed by atoms with Crippen molar-refractivity contribution in [3.05, 3.63) is 156 Å². The molecule has 0 saturated carbocycles. The van der Waals surface area contributed by atoms with Gasteiger partial charge in [0.25, 0.3) is 0 Å².